The van der Waals surface area contributed by atoms with E-state index in [9.17, 15) is 0 Å². The van der Waals surface area contributed by atoms with Gasteiger partial charge in [0.25, 0.3) is 0 Å². The molecule has 0 unspecified atom stereocenters. The van der Waals surface area contributed by atoms with Gasteiger partial charge in [0, 0.05) is 7.05 Å². The zero-order chi connectivity index (χ0) is 14.3. The van der Waals surface area contributed by atoms with Gasteiger partial charge in [-0.3, -0.25) is 4.68 Å². The van der Waals surface area contributed by atoms with Crippen LogP contribution in [-0.2, 0) is 7.05 Å². The highest BCUT2D eigenvalue weighted by Crippen LogP contribution is 2.36. The van der Waals surface area contributed by atoms with Gasteiger partial charge in [0.15, 0.2) is 5.76 Å². The summed E-state index contributed by atoms with van der Waals surface area (Å²) in [4.78, 5) is 0. The van der Waals surface area contributed by atoms with Crippen LogP contribution >= 0.6 is 0 Å². The minimum absolute atomic E-state index is 0.639. The van der Waals surface area contributed by atoms with E-state index in [0.29, 0.717) is 5.82 Å². The summed E-state index contributed by atoms with van der Waals surface area (Å²) in [5.74, 6) is 1.37. The van der Waals surface area contributed by atoms with Gasteiger partial charge in [-0.2, -0.15) is 5.10 Å². The first-order chi connectivity index (χ1) is 9.58. The molecule has 2 aromatic heterocycles. The third-order valence-corrected chi connectivity index (χ3v) is 3.64. The van der Waals surface area contributed by atoms with Crippen LogP contribution < -0.4 is 5.73 Å². The van der Waals surface area contributed by atoms with Gasteiger partial charge in [-0.1, -0.05) is 18.2 Å². The van der Waals surface area contributed by atoms with Crippen LogP contribution in [0.2, 0.25) is 0 Å². The minimum Gasteiger partial charge on any atom is -0.463 e. The molecule has 0 saturated carbocycles. The second-order valence-electron chi connectivity index (χ2n) is 5.01. The number of hydrogen-bond acceptors (Lipinski definition) is 3. The maximum Gasteiger partial charge on any atom is 0.154 e. The molecule has 20 heavy (non-hydrogen) atoms. The molecule has 3 aromatic rings. The second kappa shape index (κ2) is 4.56. The number of rotatable bonds is 2. The van der Waals surface area contributed by atoms with E-state index in [0.717, 1.165) is 22.6 Å². The Kier molecular flexibility index (Phi) is 2.86. The Bertz CT molecular complexity index is 754. The van der Waals surface area contributed by atoms with Crippen molar-refractivity contribution in [2.45, 2.75) is 13.8 Å². The van der Waals surface area contributed by atoms with Crippen molar-refractivity contribution in [1.82, 2.24) is 9.78 Å². The largest absolute Gasteiger partial charge is 0.463 e. The van der Waals surface area contributed by atoms with Gasteiger partial charge >= 0.3 is 0 Å². The first-order valence-corrected chi connectivity index (χ1v) is 6.52. The summed E-state index contributed by atoms with van der Waals surface area (Å²) in [6.07, 6.45) is 1.64. The average molecular weight is 267 g/mol. The summed E-state index contributed by atoms with van der Waals surface area (Å²) in [5.41, 5.74) is 11.4. The number of furan rings is 1. The lowest BCUT2D eigenvalue weighted by Crippen LogP contribution is -1.98. The molecular weight excluding hydrogens is 250 g/mol. The molecule has 0 spiro atoms. The molecule has 2 heterocycles. The molecule has 0 radical (unpaired) electrons. The Labute approximate surface area is 117 Å². The molecular formula is C16H17N3O. The number of anilines is 1. The minimum atomic E-state index is 0.639. The summed E-state index contributed by atoms with van der Waals surface area (Å²) in [5, 5.41) is 4.48. The molecule has 4 nitrogen and oxygen atoms in total. The van der Waals surface area contributed by atoms with Crippen LogP contribution in [0.25, 0.3) is 22.6 Å². The van der Waals surface area contributed by atoms with E-state index in [4.69, 9.17) is 10.2 Å². The Morgan fingerprint density at radius 3 is 2.60 bits per heavy atom. The first-order valence-electron chi connectivity index (χ1n) is 6.52. The molecule has 102 valence electrons. The van der Waals surface area contributed by atoms with E-state index < -0.39 is 0 Å². The van der Waals surface area contributed by atoms with Crippen molar-refractivity contribution < 1.29 is 4.42 Å². The van der Waals surface area contributed by atoms with Crippen LogP contribution in [0.5, 0.6) is 0 Å². The fraction of sp³-hybridized carbons (Fsp3) is 0.188. The van der Waals surface area contributed by atoms with E-state index in [-0.39, 0.29) is 0 Å². The summed E-state index contributed by atoms with van der Waals surface area (Å²) < 4.78 is 7.16. The highest BCUT2D eigenvalue weighted by Gasteiger charge is 2.19. The van der Waals surface area contributed by atoms with Crippen molar-refractivity contribution >= 4 is 5.82 Å². The van der Waals surface area contributed by atoms with Crippen LogP contribution in [0.15, 0.2) is 41.0 Å². The zero-order valence-corrected chi connectivity index (χ0v) is 11.8. The second-order valence-corrected chi connectivity index (χ2v) is 5.01. The summed E-state index contributed by atoms with van der Waals surface area (Å²) >= 11 is 0. The van der Waals surface area contributed by atoms with Gasteiger partial charge in [-0.05, 0) is 42.7 Å². The zero-order valence-electron chi connectivity index (χ0n) is 11.8. The fourth-order valence-corrected chi connectivity index (χ4v) is 2.30. The SMILES string of the molecule is Cc1ccc(-c2c(-c3ccco3)nn(C)c2N)cc1C. The van der Waals surface area contributed by atoms with E-state index >= 15 is 0 Å². The summed E-state index contributed by atoms with van der Waals surface area (Å²) in [6.45, 7) is 4.19. The van der Waals surface area contributed by atoms with Crippen molar-refractivity contribution in [3.63, 3.8) is 0 Å². The van der Waals surface area contributed by atoms with E-state index in [1.807, 2.05) is 19.2 Å². The normalized spacial score (nSPS) is 10.9. The molecule has 0 fully saturated rings. The van der Waals surface area contributed by atoms with Crippen molar-refractivity contribution in [2.75, 3.05) is 5.73 Å². The molecule has 2 N–H and O–H groups in total. The smallest absolute Gasteiger partial charge is 0.154 e. The molecule has 1 aromatic carbocycles. The van der Waals surface area contributed by atoms with Gasteiger partial charge in [-0.15, -0.1) is 0 Å². The highest BCUT2D eigenvalue weighted by molar-refractivity contribution is 5.86. The van der Waals surface area contributed by atoms with E-state index in [1.54, 1.807) is 10.9 Å². The number of nitrogens with zero attached hydrogens (tertiary/aromatic N) is 2. The monoisotopic (exact) mass is 267 g/mol. The number of nitrogens with two attached hydrogens (primary N) is 1. The topological polar surface area (TPSA) is 57.0 Å². The van der Waals surface area contributed by atoms with Gasteiger partial charge in [-0.25, -0.2) is 0 Å². The molecule has 4 heteroatoms. The maximum absolute atomic E-state index is 6.19. The van der Waals surface area contributed by atoms with Crippen LogP contribution in [0, 0.1) is 13.8 Å². The molecule has 0 aliphatic heterocycles. The summed E-state index contributed by atoms with van der Waals surface area (Å²) in [7, 11) is 1.84. The lowest BCUT2D eigenvalue weighted by Gasteiger charge is -2.06. The number of aromatic nitrogens is 2. The Morgan fingerprint density at radius 2 is 1.95 bits per heavy atom. The van der Waals surface area contributed by atoms with Crippen molar-refractivity contribution in [3.8, 4) is 22.6 Å². The first kappa shape index (κ1) is 12.5. The van der Waals surface area contributed by atoms with Crippen molar-refractivity contribution in [1.29, 1.82) is 0 Å². The lowest BCUT2D eigenvalue weighted by atomic mass is 9.99. The molecule has 0 amide bonds. The van der Waals surface area contributed by atoms with Gasteiger partial charge in [0.1, 0.15) is 11.5 Å². The van der Waals surface area contributed by atoms with Crippen LogP contribution in [-0.4, -0.2) is 9.78 Å². The molecule has 0 aliphatic carbocycles. The molecule has 3 rings (SSSR count). The predicted octanol–water partition coefficient (Wildman–Crippen LogP) is 3.55. The quantitative estimate of drug-likeness (QED) is 0.772. The number of aryl methyl sites for hydroxylation is 3. The van der Waals surface area contributed by atoms with Crippen molar-refractivity contribution in [3.05, 3.63) is 47.7 Å². The Balaban J connectivity index is 2.25. The van der Waals surface area contributed by atoms with Crippen molar-refractivity contribution in [2.24, 2.45) is 7.05 Å². The Morgan fingerprint density at radius 1 is 1.15 bits per heavy atom. The third kappa shape index (κ3) is 1.90. The van der Waals surface area contributed by atoms with Gasteiger partial charge < -0.3 is 10.2 Å². The fourth-order valence-electron chi connectivity index (χ4n) is 2.30. The maximum atomic E-state index is 6.19. The predicted molar refractivity (Wildman–Crippen MR) is 80.2 cm³/mol. The van der Waals surface area contributed by atoms with Crippen LogP contribution in [0.3, 0.4) is 0 Å². The molecule has 0 aliphatic rings. The number of nitrogen functional groups attached to an aromatic ring is 1. The van der Waals surface area contributed by atoms with Crippen LogP contribution in [0.4, 0.5) is 5.82 Å². The average Bonchev–Trinajstić information content (AvgIpc) is 3.03. The third-order valence-electron chi connectivity index (χ3n) is 3.64. The lowest BCUT2D eigenvalue weighted by molar-refractivity contribution is 0.578. The summed E-state index contributed by atoms with van der Waals surface area (Å²) in [6, 6.07) is 10.1. The standard InChI is InChI=1S/C16H17N3O/c1-10-6-7-12(9-11(10)2)14-15(13-5-4-8-20-13)18-19(3)16(14)17/h4-9H,17H2,1-3H3. The number of hydrogen-bond donors (Lipinski definition) is 1. The molecule has 0 saturated heterocycles. The number of benzene rings is 1. The van der Waals surface area contributed by atoms with E-state index in [1.165, 1.54) is 11.1 Å². The van der Waals surface area contributed by atoms with Crippen LogP contribution in [0.1, 0.15) is 11.1 Å². The van der Waals surface area contributed by atoms with Gasteiger partial charge in [0.2, 0.25) is 0 Å². The molecule has 0 atom stereocenters. The van der Waals surface area contributed by atoms with Gasteiger partial charge in [0.05, 0.1) is 11.8 Å². The van der Waals surface area contributed by atoms with E-state index in [2.05, 4.69) is 37.1 Å². The Hall–Kier alpha value is -2.49. The highest BCUT2D eigenvalue weighted by atomic mass is 16.3. The molecule has 0 bridgehead atoms.